The Morgan fingerprint density at radius 3 is 2.31 bits per heavy atom. The number of rotatable bonds is 4. The molecule has 5 heteroatoms. The Balaban J connectivity index is 1.68. The van der Waals surface area contributed by atoms with Crippen LogP contribution in [-0.2, 0) is 11.2 Å². The summed E-state index contributed by atoms with van der Waals surface area (Å²) in [5.41, 5.74) is 3.49. The van der Waals surface area contributed by atoms with Crippen LogP contribution in [0.3, 0.4) is 0 Å². The molecule has 1 saturated heterocycles. The highest BCUT2D eigenvalue weighted by Crippen LogP contribution is 2.20. The van der Waals surface area contributed by atoms with E-state index >= 15 is 0 Å². The van der Waals surface area contributed by atoms with Gasteiger partial charge in [0, 0.05) is 24.7 Å². The Kier molecular flexibility index (Phi) is 5.37. The highest BCUT2D eigenvalue weighted by Gasteiger charge is 2.20. The maximum atomic E-state index is 12.7. The second kappa shape index (κ2) is 7.87. The van der Waals surface area contributed by atoms with E-state index in [1.807, 2.05) is 24.3 Å². The minimum absolute atomic E-state index is 0.0304. The van der Waals surface area contributed by atoms with E-state index in [0.717, 1.165) is 16.7 Å². The number of phenols is 1. The summed E-state index contributed by atoms with van der Waals surface area (Å²) in [6, 6.07) is 14.6. The van der Waals surface area contributed by atoms with E-state index in [2.05, 4.69) is 0 Å². The third-order valence-corrected chi connectivity index (χ3v) is 4.51. The van der Waals surface area contributed by atoms with Gasteiger partial charge in [0.25, 0.3) is 5.91 Å². The molecule has 2 aromatic carbocycles. The van der Waals surface area contributed by atoms with E-state index in [4.69, 9.17) is 5.11 Å². The topological polar surface area (TPSA) is 77.8 Å². The van der Waals surface area contributed by atoms with Crippen LogP contribution in [0.25, 0.3) is 0 Å². The number of hydrogen-bond acceptors (Lipinski definition) is 3. The van der Waals surface area contributed by atoms with Crippen LogP contribution in [-0.4, -0.2) is 40.1 Å². The van der Waals surface area contributed by atoms with Crippen molar-refractivity contribution in [1.29, 1.82) is 0 Å². The molecule has 1 heterocycles. The SMILES string of the molecule is O=C(O)C=C1CCN(C(=O)c2cccc(Cc3cccc(O)c3)c2)CC1. The smallest absolute Gasteiger partial charge is 0.328 e. The average molecular weight is 351 g/mol. The first-order chi connectivity index (χ1) is 12.5. The first-order valence-electron chi connectivity index (χ1n) is 8.60. The van der Waals surface area contributed by atoms with Crippen LogP contribution >= 0.6 is 0 Å². The van der Waals surface area contributed by atoms with E-state index in [1.165, 1.54) is 6.08 Å². The minimum atomic E-state index is -0.931. The van der Waals surface area contributed by atoms with Gasteiger partial charge in [-0.15, -0.1) is 0 Å². The summed E-state index contributed by atoms with van der Waals surface area (Å²) in [5.74, 6) is -0.732. The van der Waals surface area contributed by atoms with Gasteiger partial charge in [0.05, 0.1) is 0 Å². The number of nitrogens with zero attached hydrogens (tertiary/aromatic N) is 1. The predicted octanol–water partition coefficient (Wildman–Crippen LogP) is 3.23. The van der Waals surface area contributed by atoms with E-state index in [1.54, 1.807) is 29.2 Å². The average Bonchev–Trinajstić information content (AvgIpc) is 2.61. The number of carboxylic acid groups (broad SMARTS) is 1. The molecule has 0 radical (unpaired) electrons. The fourth-order valence-corrected chi connectivity index (χ4v) is 3.22. The van der Waals surface area contributed by atoms with Crippen molar-refractivity contribution < 1.29 is 19.8 Å². The molecule has 3 rings (SSSR count). The normalized spacial score (nSPS) is 14.2. The molecular weight excluding hydrogens is 330 g/mol. The van der Waals surface area contributed by atoms with E-state index in [-0.39, 0.29) is 11.7 Å². The van der Waals surface area contributed by atoms with Crippen LogP contribution in [0.1, 0.15) is 34.3 Å². The van der Waals surface area contributed by atoms with E-state index in [0.29, 0.717) is 37.9 Å². The number of carboxylic acids is 1. The second-order valence-electron chi connectivity index (χ2n) is 6.48. The van der Waals surface area contributed by atoms with Crippen molar-refractivity contribution in [3.05, 3.63) is 76.9 Å². The third kappa shape index (κ3) is 4.51. The Bertz CT molecular complexity index is 847. The van der Waals surface area contributed by atoms with Crippen molar-refractivity contribution in [2.75, 3.05) is 13.1 Å². The van der Waals surface area contributed by atoms with Crippen LogP contribution in [0.4, 0.5) is 0 Å². The van der Waals surface area contributed by atoms with Gasteiger partial charge >= 0.3 is 5.97 Å². The summed E-state index contributed by atoms with van der Waals surface area (Å²) in [6.07, 6.45) is 3.08. The van der Waals surface area contributed by atoms with Crippen molar-refractivity contribution in [2.24, 2.45) is 0 Å². The van der Waals surface area contributed by atoms with Gasteiger partial charge in [0.15, 0.2) is 0 Å². The quantitative estimate of drug-likeness (QED) is 0.829. The fourth-order valence-electron chi connectivity index (χ4n) is 3.22. The number of hydrogen-bond donors (Lipinski definition) is 2. The molecule has 26 heavy (non-hydrogen) atoms. The van der Waals surface area contributed by atoms with Crippen LogP contribution < -0.4 is 0 Å². The van der Waals surface area contributed by atoms with E-state index in [9.17, 15) is 14.7 Å². The molecule has 0 spiro atoms. The van der Waals surface area contributed by atoms with Gasteiger partial charge in [-0.3, -0.25) is 4.79 Å². The first kappa shape index (κ1) is 17.7. The first-order valence-corrected chi connectivity index (χ1v) is 8.60. The number of likely N-dealkylation sites (tertiary alicyclic amines) is 1. The molecule has 134 valence electrons. The number of benzene rings is 2. The number of aromatic hydroxyl groups is 1. The second-order valence-corrected chi connectivity index (χ2v) is 6.48. The number of carbonyl (C=O) groups is 2. The van der Waals surface area contributed by atoms with Crippen LogP contribution in [0.5, 0.6) is 5.75 Å². The Hall–Kier alpha value is -3.08. The highest BCUT2D eigenvalue weighted by atomic mass is 16.4. The summed E-state index contributed by atoms with van der Waals surface area (Å²) >= 11 is 0. The Labute approximate surface area is 152 Å². The molecule has 1 fully saturated rings. The minimum Gasteiger partial charge on any atom is -0.508 e. The Morgan fingerprint density at radius 1 is 1.00 bits per heavy atom. The molecule has 0 atom stereocenters. The lowest BCUT2D eigenvalue weighted by atomic mass is 10.0. The van der Waals surface area contributed by atoms with Crippen molar-refractivity contribution >= 4 is 11.9 Å². The number of aliphatic carboxylic acids is 1. The van der Waals surface area contributed by atoms with Crippen LogP contribution in [0.15, 0.2) is 60.2 Å². The largest absolute Gasteiger partial charge is 0.508 e. The van der Waals surface area contributed by atoms with Crippen molar-refractivity contribution in [2.45, 2.75) is 19.3 Å². The molecule has 1 aliphatic heterocycles. The lowest BCUT2D eigenvalue weighted by Crippen LogP contribution is -2.36. The summed E-state index contributed by atoms with van der Waals surface area (Å²) in [7, 11) is 0. The lowest BCUT2D eigenvalue weighted by Gasteiger charge is -2.28. The van der Waals surface area contributed by atoms with Gasteiger partial charge in [-0.25, -0.2) is 4.79 Å². The highest BCUT2D eigenvalue weighted by molar-refractivity contribution is 5.94. The number of amides is 1. The number of piperidine rings is 1. The van der Waals surface area contributed by atoms with Gasteiger partial charge in [-0.05, 0) is 54.7 Å². The monoisotopic (exact) mass is 351 g/mol. The number of phenolic OH excluding ortho intramolecular Hbond substituents is 1. The van der Waals surface area contributed by atoms with Gasteiger partial charge in [0.2, 0.25) is 0 Å². The maximum absolute atomic E-state index is 12.7. The van der Waals surface area contributed by atoms with Gasteiger partial charge in [0.1, 0.15) is 5.75 Å². The molecule has 1 amide bonds. The van der Waals surface area contributed by atoms with Crippen molar-refractivity contribution in [1.82, 2.24) is 4.90 Å². The summed E-state index contributed by atoms with van der Waals surface area (Å²) in [6.45, 7) is 1.07. The van der Waals surface area contributed by atoms with Crippen LogP contribution in [0.2, 0.25) is 0 Å². The van der Waals surface area contributed by atoms with Gasteiger partial charge < -0.3 is 15.1 Å². The molecule has 2 aromatic rings. The predicted molar refractivity (Wildman–Crippen MR) is 98.2 cm³/mol. The van der Waals surface area contributed by atoms with Crippen molar-refractivity contribution in [3.8, 4) is 5.75 Å². The molecule has 0 unspecified atom stereocenters. The number of carbonyl (C=O) groups excluding carboxylic acids is 1. The van der Waals surface area contributed by atoms with Crippen LogP contribution in [0, 0.1) is 0 Å². The van der Waals surface area contributed by atoms with Gasteiger partial charge in [-0.2, -0.15) is 0 Å². The summed E-state index contributed by atoms with van der Waals surface area (Å²) < 4.78 is 0. The maximum Gasteiger partial charge on any atom is 0.328 e. The molecule has 0 aliphatic carbocycles. The zero-order chi connectivity index (χ0) is 18.5. The molecular formula is C21H21NO4. The zero-order valence-electron chi connectivity index (χ0n) is 14.4. The Morgan fingerprint density at radius 2 is 1.65 bits per heavy atom. The summed E-state index contributed by atoms with van der Waals surface area (Å²) in [5, 5.41) is 18.4. The molecule has 0 bridgehead atoms. The van der Waals surface area contributed by atoms with E-state index < -0.39 is 5.97 Å². The molecule has 2 N–H and O–H groups in total. The molecule has 0 saturated carbocycles. The van der Waals surface area contributed by atoms with Gasteiger partial charge in [-0.1, -0.05) is 29.8 Å². The fraction of sp³-hybridized carbons (Fsp3) is 0.238. The third-order valence-electron chi connectivity index (χ3n) is 4.51. The lowest BCUT2D eigenvalue weighted by molar-refractivity contribution is -0.131. The zero-order valence-corrected chi connectivity index (χ0v) is 14.4. The molecule has 5 nitrogen and oxygen atoms in total. The standard InChI is InChI=1S/C21H21NO4/c23-19-6-2-4-17(13-19)11-16-3-1-5-18(12-16)21(26)22-9-7-15(8-10-22)14-20(24)25/h1-6,12-14,23H,7-11H2,(H,24,25). The van der Waals surface area contributed by atoms with Crippen molar-refractivity contribution in [3.63, 3.8) is 0 Å². The molecule has 0 aromatic heterocycles. The molecule has 1 aliphatic rings. The summed E-state index contributed by atoms with van der Waals surface area (Å²) in [4.78, 5) is 25.2.